The molecule has 0 bridgehead atoms. The van der Waals surface area contributed by atoms with Crippen LogP contribution in [0.2, 0.25) is 0 Å². The van der Waals surface area contributed by atoms with Crippen LogP contribution in [-0.4, -0.2) is 78.1 Å². The van der Waals surface area contributed by atoms with Gasteiger partial charge in [0.1, 0.15) is 6.10 Å². The molecule has 2 saturated heterocycles. The third kappa shape index (κ3) is 5.50. The number of rotatable bonds is 4. The van der Waals surface area contributed by atoms with Gasteiger partial charge in [-0.3, -0.25) is 19.4 Å². The standard InChI is InChI=1S/C18H25N3O3.CH2O2/c1-20(2)13-15-11-18(17(23)24-15)5-8-21(9-6-18)16(22)10-14-4-3-7-19-12-14;2-1-3/h3-4,7,12,15H,5-6,8-11,13H2,1-2H3;1H,(H,2,3). The Kier molecular flexibility index (Phi) is 7.29. The number of hydrogen-bond acceptors (Lipinski definition) is 6. The molecule has 8 heteroatoms. The van der Waals surface area contributed by atoms with Crippen LogP contribution in [0, 0.1) is 5.41 Å². The molecule has 1 amide bonds. The molecule has 1 N–H and O–H groups in total. The second kappa shape index (κ2) is 9.45. The molecule has 1 aromatic rings. The van der Waals surface area contributed by atoms with E-state index in [1.807, 2.05) is 36.0 Å². The molecule has 27 heavy (non-hydrogen) atoms. The number of carbonyl (C=O) groups is 3. The maximum Gasteiger partial charge on any atom is 0.312 e. The van der Waals surface area contributed by atoms with E-state index >= 15 is 0 Å². The van der Waals surface area contributed by atoms with E-state index in [4.69, 9.17) is 14.6 Å². The van der Waals surface area contributed by atoms with Crippen LogP contribution in [0.1, 0.15) is 24.8 Å². The van der Waals surface area contributed by atoms with Gasteiger partial charge in [-0.25, -0.2) is 0 Å². The first-order chi connectivity index (χ1) is 12.9. The van der Waals surface area contributed by atoms with Crippen LogP contribution in [0.3, 0.4) is 0 Å². The highest BCUT2D eigenvalue weighted by Crippen LogP contribution is 2.43. The summed E-state index contributed by atoms with van der Waals surface area (Å²) in [6.07, 6.45) is 5.95. The van der Waals surface area contributed by atoms with E-state index in [1.54, 1.807) is 12.4 Å². The van der Waals surface area contributed by atoms with Gasteiger partial charge >= 0.3 is 5.97 Å². The number of piperidine rings is 1. The zero-order valence-electron chi connectivity index (χ0n) is 15.8. The molecule has 3 rings (SSSR count). The predicted molar refractivity (Wildman–Crippen MR) is 97.9 cm³/mol. The maximum absolute atomic E-state index is 12.4. The monoisotopic (exact) mass is 377 g/mol. The van der Waals surface area contributed by atoms with Crippen molar-refractivity contribution in [1.82, 2.24) is 14.8 Å². The van der Waals surface area contributed by atoms with Gasteiger partial charge in [-0.05, 0) is 38.6 Å². The quantitative estimate of drug-likeness (QED) is 0.612. The Bertz CT molecular complexity index is 642. The molecule has 1 unspecified atom stereocenters. The lowest BCUT2D eigenvalue weighted by Gasteiger charge is -2.36. The number of aromatic nitrogens is 1. The van der Waals surface area contributed by atoms with Gasteiger partial charge in [0, 0.05) is 38.4 Å². The minimum Gasteiger partial charge on any atom is -0.483 e. The second-order valence-electron chi connectivity index (χ2n) is 7.30. The number of cyclic esters (lactones) is 1. The van der Waals surface area contributed by atoms with Gasteiger partial charge in [0.25, 0.3) is 6.47 Å². The SMILES string of the molecule is CN(C)CC1CC2(CCN(C(=O)Cc3cccnc3)CC2)C(=O)O1.O=CO. The summed E-state index contributed by atoms with van der Waals surface area (Å²) in [4.78, 5) is 41.1. The molecule has 1 aromatic heterocycles. The van der Waals surface area contributed by atoms with Crippen LogP contribution >= 0.6 is 0 Å². The highest BCUT2D eigenvalue weighted by molar-refractivity contribution is 5.81. The molecule has 1 atom stereocenters. The van der Waals surface area contributed by atoms with Crippen molar-refractivity contribution in [3.63, 3.8) is 0 Å². The summed E-state index contributed by atoms with van der Waals surface area (Å²) in [5, 5.41) is 6.89. The Morgan fingerprint density at radius 3 is 2.67 bits per heavy atom. The van der Waals surface area contributed by atoms with Crippen LogP contribution in [0.5, 0.6) is 0 Å². The highest BCUT2D eigenvalue weighted by atomic mass is 16.6. The van der Waals surface area contributed by atoms with Crippen molar-refractivity contribution in [3.8, 4) is 0 Å². The molecular weight excluding hydrogens is 350 g/mol. The van der Waals surface area contributed by atoms with Crippen LogP contribution in [0.4, 0.5) is 0 Å². The summed E-state index contributed by atoms with van der Waals surface area (Å²) in [7, 11) is 3.97. The highest BCUT2D eigenvalue weighted by Gasteiger charge is 2.50. The van der Waals surface area contributed by atoms with Crippen LogP contribution in [0.15, 0.2) is 24.5 Å². The van der Waals surface area contributed by atoms with Gasteiger partial charge in [0.05, 0.1) is 11.8 Å². The van der Waals surface area contributed by atoms with E-state index in [1.165, 1.54) is 0 Å². The lowest BCUT2D eigenvalue weighted by Crippen LogP contribution is -2.45. The van der Waals surface area contributed by atoms with Crippen LogP contribution in [-0.2, 0) is 25.5 Å². The number of esters is 1. The van der Waals surface area contributed by atoms with Gasteiger partial charge in [-0.2, -0.15) is 0 Å². The summed E-state index contributed by atoms with van der Waals surface area (Å²) in [6.45, 7) is 1.77. The molecule has 2 aliphatic heterocycles. The lowest BCUT2D eigenvalue weighted by molar-refractivity contribution is -0.152. The van der Waals surface area contributed by atoms with Crippen LogP contribution in [0.25, 0.3) is 0 Å². The van der Waals surface area contributed by atoms with E-state index in [0.717, 1.165) is 18.5 Å². The molecule has 0 radical (unpaired) electrons. The Morgan fingerprint density at radius 2 is 2.11 bits per heavy atom. The first-order valence-corrected chi connectivity index (χ1v) is 9.00. The van der Waals surface area contributed by atoms with E-state index in [0.29, 0.717) is 32.4 Å². The fourth-order valence-corrected chi connectivity index (χ4v) is 3.73. The molecule has 2 fully saturated rings. The van der Waals surface area contributed by atoms with Crippen molar-refractivity contribution >= 4 is 18.3 Å². The average Bonchev–Trinajstić information content (AvgIpc) is 2.91. The molecule has 0 aromatic carbocycles. The number of pyridine rings is 1. The van der Waals surface area contributed by atoms with Gasteiger partial charge in [0.15, 0.2) is 0 Å². The lowest BCUT2D eigenvalue weighted by atomic mass is 9.76. The summed E-state index contributed by atoms with van der Waals surface area (Å²) in [5.41, 5.74) is 0.542. The third-order valence-corrected chi connectivity index (χ3v) is 5.05. The maximum atomic E-state index is 12.4. The molecule has 8 nitrogen and oxygen atoms in total. The number of likely N-dealkylation sites (N-methyl/N-ethyl adjacent to an activating group) is 1. The topological polar surface area (TPSA) is 100 Å². The largest absolute Gasteiger partial charge is 0.483 e. The molecule has 148 valence electrons. The summed E-state index contributed by atoms with van der Waals surface area (Å²) in [6, 6.07) is 3.75. The van der Waals surface area contributed by atoms with Gasteiger partial charge in [-0.15, -0.1) is 0 Å². The number of hydrogen-bond donors (Lipinski definition) is 1. The fourth-order valence-electron chi connectivity index (χ4n) is 3.73. The number of ether oxygens (including phenoxy) is 1. The van der Waals surface area contributed by atoms with Crippen molar-refractivity contribution in [3.05, 3.63) is 30.1 Å². The molecule has 0 saturated carbocycles. The Morgan fingerprint density at radius 1 is 1.44 bits per heavy atom. The number of carboxylic acid groups (broad SMARTS) is 1. The number of likely N-dealkylation sites (tertiary alicyclic amines) is 1. The predicted octanol–water partition coefficient (Wildman–Crippen LogP) is 0.811. The van der Waals surface area contributed by atoms with Gasteiger partial charge in [-0.1, -0.05) is 6.07 Å². The first-order valence-electron chi connectivity index (χ1n) is 9.00. The minimum absolute atomic E-state index is 0.0230. The minimum atomic E-state index is -0.383. The fraction of sp³-hybridized carbons (Fsp3) is 0.579. The van der Waals surface area contributed by atoms with Gasteiger partial charge in [0.2, 0.25) is 5.91 Å². The van der Waals surface area contributed by atoms with E-state index < -0.39 is 0 Å². The van der Waals surface area contributed by atoms with Crippen molar-refractivity contribution in [2.75, 3.05) is 33.7 Å². The average molecular weight is 377 g/mol. The van der Waals surface area contributed by atoms with Crippen molar-refractivity contribution in [1.29, 1.82) is 0 Å². The number of amides is 1. The van der Waals surface area contributed by atoms with E-state index in [-0.39, 0.29) is 29.9 Å². The third-order valence-electron chi connectivity index (χ3n) is 5.05. The van der Waals surface area contributed by atoms with Crippen molar-refractivity contribution in [2.45, 2.75) is 31.8 Å². The first kappa shape index (κ1) is 20.8. The zero-order chi connectivity index (χ0) is 19.9. The summed E-state index contributed by atoms with van der Waals surface area (Å²) in [5.74, 6) is 0.0303. The van der Waals surface area contributed by atoms with Crippen molar-refractivity contribution < 1.29 is 24.2 Å². The Hall–Kier alpha value is -2.48. The summed E-state index contributed by atoms with van der Waals surface area (Å²) >= 11 is 0. The summed E-state index contributed by atoms with van der Waals surface area (Å²) < 4.78 is 5.56. The van der Waals surface area contributed by atoms with Crippen LogP contribution < -0.4 is 0 Å². The number of nitrogens with zero attached hydrogens (tertiary/aromatic N) is 3. The van der Waals surface area contributed by atoms with E-state index in [2.05, 4.69) is 4.98 Å². The Labute approximate surface area is 159 Å². The van der Waals surface area contributed by atoms with Crippen molar-refractivity contribution in [2.24, 2.45) is 5.41 Å². The smallest absolute Gasteiger partial charge is 0.312 e. The molecule has 1 spiro atoms. The molecular formula is C19H27N3O5. The molecule has 0 aliphatic carbocycles. The zero-order valence-corrected chi connectivity index (χ0v) is 15.8. The van der Waals surface area contributed by atoms with Gasteiger partial charge < -0.3 is 19.6 Å². The Balaban J connectivity index is 0.000000817. The number of carbonyl (C=O) groups excluding carboxylic acids is 2. The van der Waals surface area contributed by atoms with E-state index in [9.17, 15) is 9.59 Å². The normalized spacial score (nSPS) is 20.8. The molecule has 3 heterocycles. The molecule has 2 aliphatic rings. The second-order valence-corrected chi connectivity index (χ2v) is 7.30.